The number of ether oxygens (including phenoxy) is 1. The number of carbonyl (C=O) groups excluding carboxylic acids is 2. The van der Waals surface area contributed by atoms with Crippen LogP contribution >= 0.6 is 0 Å². The molecule has 0 aliphatic rings. The molecule has 5 nitrogen and oxygen atoms in total. The molecule has 132 valence electrons. The van der Waals surface area contributed by atoms with Gasteiger partial charge in [-0.05, 0) is 37.6 Å². The Morgan fingerprint density at radius 1 is 1.16 bits per heavy atom. The van der Waals surface area contributed by atoms with Crippen LogP contribution in [0, 0.1) is 6.92 Å². The Kier molecular flexibility index (Phi) is 7.01. The molecular formula is C20H24N2O3. The third-order valence-corrected chi connectivity index (χ3v) is 3.95. The van der Waals surface area contributed by atoms with Crippen LogP contribution in [0.2, 0.25) is 0 Å². The molecule has 5 heteroatoms. The highest BCUT2D eigenvalue weighted by molar-refractivity contribution is 5.80. The van der Waals surface area contributed by atoms with Gasteiger partial charge in [0.05, 0.1) is 5.56 Å². The zero-order valence-corrected chi connectivity index (χ0v) is 14.7. The van der Waals surface area contributed by atoms with E-state index in [-0.39, 0.29) is 12.5 Å². The van der Waals surface area contributed by atoms with Gasteiger partial charge in [-0.1, -0.05) is 30.3 Å². The van der Waals surface area contributed by atoms with Gasteiger partial charge in [-0.15, -0.1) is 0 Å². The molecule has 0 unspecified atom stereocenters. The zero-order valence-electron chi connectivity index (χ0n) is 14.7. The number of hydrogen-bond donors (Lipinski definition) is 1. The monoisotopic (exact) mass is 340 g/mol. The summed E-state index contributed by atoms with van der Waals surface area (Å²) in [5.41, 5.74) is 2.83. The van der Waals surface area contributed by atoms with Gasteiger partial charge in [-0.2, -0.15) is 0 Å². The maximum Gasteiger partial charge on any atom is 0.258 e. The first kappa shape index (κ1) is 18.5. The van der Waals surface area contributed by atoms with Gasteiger partial charge in [0.15, 0.2) is 12.9 Å². The lowest BCUT2D eigenvalue weighted by molar-refractivity contribution is -0.123. The van der Waals surface area contributed by atoms with Crippen LogP contribution in [-0.2, 0) is 4.79 Å². The fraction of sp³-hybridized carbons (Fsp3) is 0.300. The lowest BCUT2D eigenvalue weighted by atomic mass is 10.2. The van der Waals surface area contributed by atoms with Gasteiger partial charge < -0.3 is 15.0 Å². The fourth-order valence-electron chi connectivity index (χ4n) is 2.60. The number of nitrogens with zero attached hydrogens (tertiary/aromatic N) is 1. The Labute approximate surface area is 148 Å². The molecule has 0 radical (unpaired) electrons. The van der Waals surface area contributed by atoms with E-state index in [0.717, 1.165) is 13.1 Å². The Morgan fingerprint density at radius 2 is 1.88 bits per heavy atom. The minimum atomic E-state index is -0.207. The van der Waals surface area contributed by atoms with Crippen LogP contribution in [0.15, 0.2) is 48.5 Å². The highest BCUT2D eigenvalue weighted by atomic mass is 16.5. The number of hydrogen-bond acceptors (Lipinski definition) is 4. The van der Waals surface area contributed by atoms with E-state index in [9.17, 15) is 9.59 Å². The molecule has 25 heavy (non-hydrogen) atoms. The minimum absolute atomic E-state index is 0.110. The van der Waals surface area contributed by atoms with E-state index in [1.807, 2.05) is 12.1 Å². The predicted molar refractivity (Wildman–Crippen MR) is 99.4 cm³/mol. The summed E-state index contributed by atoms with van der Waals surface area (Å²) < 4.78 is 5.42. The van der Waals surface area contributed by atoms with Crippen molar-refractivity contribution >= 4 is 17.9 Å². The van der Waals surface area contributed by atoms with Crippen molar-refractivity contribution in [2.24, 2.45) is 0 Å². The number of likely N-dealkylation sites (N-methyl/N-ethyl adjacent to an activating group) is 1. The topological polar surface area (TPSA) is 58.6 Å². The molecule has 0 fully saturated rings. The molecule has 0 aliphatic heterocycles. The standard InChI is InChI=1S/C20H24N2O3/c1-3-22(18-10-6-4-8-16(18)2)13-12-21-20(24)15-25-19-11-7-5-9-17(19)14-23/h4-11,14H,3,12-13,15H2,1-2H3,(H,21,24). The SMILES string of the molecule is CCN(CCNC(=O)COc1ccccc1C=O)c1ccccc1C. The summed E-state index contributed by atoms with van der Waals surface area (Å²) in [6, 6.07) is 15.0. The molecule has 0 aromatic heterocycles. The second-order valence-electron chi connectivity index (χ2n) is 5.66. The number of amides is 1. The summed E-state index contributed by atoms with van der Waals surface area (Å²) in [6.07, 6.45) is 0.717. The van der Waals surface area contributed by atoms with Crippen LogP contribution in [0.4, 0.5) is 5.69 Å². The lowest BCUT2D eigenvalue weighted by Crippen LogP contribution is -2.37. The van der Waals surface area contributed by atoms with Crippen molar-refractivity contribution in [2.45, 2.75) is 13.8 Å². The summed E-state index contributed by atoms with van der Waals surface area (Å²) >= 11 is 0. The van der Waals surface area contributed by atoms with Gasteiger partial charge >= 0.3 is 0 Å². The van der Waals surface area contributed by atoms with Crippen molar-refractivity contribution in [1.82, 2.24) is 5.32 Å². The second-order valence-corrected chi connectivity index (χ2v) is 5.66. The maximum absolute atomic E-state index is 11.9. The second kappa shape index (κ2) is 9.47. The van der Waals surface area contributed by atoms with E-state index < -0.39 is 0 Å². The number of benzene rings is 2. The Hall–Kier alpha value is -2.82. The lowest BCUT2D eigenvalue weighted by Gasteiger charge is -2.25. The first-order valence-electron chi connectivity index (χ1n) is 8.40. The number of para-hydroxylation sites is 2. The predicted octanol–water partition coefficient (Wildman–Crippen LogP) is 2.83. The number of aryl methyl sites for hydroxylation is 1. The van der Waals surface area contributed by atoms with Gasteiger partial charge in [-0.3, -0.25) is 9.59 Å². The van der Waals surface area contributed by atoms with Gasteiger partial charge in [0.1, 0.15) is 5.75 Å². The molecule has 0 saturated carbocycles. The molecule has 0 spiro atoms. The van der Waals surface area contributed by atoms with Crippen LogP contribution < -0.4 is 15.0 Å². The normalized spacial score (nSPS) is 10.2. The molecule has 0 bridgehead atoms. The average molecular weight is 340 g/mol. The van der Waals surface area contributed by atoms with E-state index in [4.69, 9.17) is 4.74 Å². The Balaban J connectivity index is 1.80. The summed E-state index contributed by atoms with van der Waals surface area (Å²) in [7, 11) is 0. The molecule has 1 amide bonds. The summed E-state index contributed by atoms with van der Waals surface area (Å²) in [5.74, 6) is 0.212. The number of carbonyl (C=O) groups is 2. The highest BCUT2D eigenvalue weighted by Gasteiger charge is 2.09. The van der Waals surface area contributed by atoms with Crippen LogP contribution in [0.25, 0.3) is 0 Å². The van der Waals surface area contributed by atoms with Crippen molar-refractivity contribution < 1.29 is 14.3 Å². The van der Waals surface area contributed by atoms with E-state index in [1.165, 1.54) is 11.3 Å². The third kappa shape index (κ3) is 5.35. The summed E-state index contributed by atoms with van der Waals surface area (Å²) in [6.45, 7) is 6.17. The quantitative estimate of drug-likeness (QED) is 0.713. The van der Waals surface area contributed by atoms with Gasteiger partial charge in [0, 0.05) is 25.3 Å². The third-order valence-electron chi connectivity index (χ3n) is 3.95. The number of nitrogens with one attached hydrogen (secondary N) is 1. The van der Waals surface area contributed by atoms with Crippen molar-refractivity contribution in [2.75, 3.05) is 31.1 Å². The van der Waals surface area contributed by atoms with E-state index in [2.05, 4.69) is 36.2 Å². The molecule has 2 aromatic carbocycles. The Morgan fingerprint density at radius 3 is 2.60 bits per heavy atom. The van der Waals surface area contributed by atoms with E-state index in [1.54, 1.807) is 24.3 Å². The van der Waals surface area contributed by atoms with Crippen LogP contribution in [0.1, 0.15) is 22.8 Å². The van der Waals surface area contributed by atoms with Gasteiger partial charge in [0.25, 0.3) is 5.91 Å². The molecule has 0 heterocycles. The number of anilines is 1. The average Bonchev–Trinajstić information content (AvgIpc) is 2.64. The highest BCUT2D eigenvalue weighted by Crippen LogP contribution is 2.18. The Bertz CT molecular complexity index is 716. The maximum atomic E-state index is 11.9. The molecule has 2 aromatic rings. The number of rotatable bonds is 9. The van der Waals surface area contributed by atoms with Gasteiger partial charge in [-0.25, -0.2) is 0 Å². The molecular weight excluding hydrogens is 316 g/mol. The molecule has 2 rings (SSSR count). The van der Waals surface area contributed by atoms with Crippen LogP contribution in [-0.4, -0.2) is 38.4 Å². The van der Waals surface area contributed by atoms with Crippen molar-refractivity contribution in [3.63, 3.8) is 0 Å². The first-order valence-corrected chi connectivity index (χ1v) is 8.40. The molecule has 0 aliphatic carbocycles. The van der Waals surface area contributed by atoms with Crippen LogP contribution in [0.3, 0.4) is 0 Å². The van der Waals surface area contributed by atoms with Crippen molar-refractivity contribution in [3.8, 4) is 5.75 Å². The first-order chi connectivity index (χ1) is 12.2. The largest absolute Gasteiger partial charge is 0.483 e. The number of aldehydes is 1. The smallest absolute Gasteiger partial charge is 0.258 e. The molecule has 1 N–H and O–H groups in total. The minimum Gasteiger partial charge on any atom is -0.483 e. The van der Waals surface area contributed by atoms with Crippen molar-refractivity contribution in [3.05, 3.63) is 59.7 Å². The molecule has 0 saturated heterocycles. The molecule has 0 atom stereocenters. The van der Waals surface area contributed by atoms with Crippen molar-refractivity contribution in [1.29, 1.82) is 0 Å². The fourth-order valence-corrected chi connectivity index (χ4v) is 2.60. The van der Waals surface area contributed by atoms with E-state index >= 15 is 0 Å². The summed E-state index contributed by atoms with van der Waals surface area (Å²) in [5, 5.41) is 2.85. The zero-order chi connectivity index (χ0) is 18.1. The van der Waals surface area contributed by atoms with Gasteiger partial charge in [0.2, 0.25) is 0 Å². The van der Waals surface area contributed by atoms with Crippen LogP contribution in [0.5, 0.6) is 5.75 Å². The summed E-state index contributed by atoms with van der Waals surface area (Å²) in [4.78, 5) is 25.1. The van der Waals surface area contributed by atoms with E-state index in [0.29, 0.717) is 24.1 Å².